The SMILES string of the molecule is O=C(C(c1ccccc1)c1ccccc1)N1CCC(c2nnc3ccccn23)CC1. The van der Waals surface area contributed by atoms with Gasteiger partial charge in [-0.05, 0) is 36.1 Å². The van der Waals surface area contributed by atoms with Gasteiger partial charge in [-0.25, -0.2) is 0 Å². The molecule has 150 valence electrons. The quantitative estimate of drug-likeness (QED) is 0.518. The van der Waals surface area contributed by atoms with E-state index >= 15 is 0 Å². The molecular weight excluding hydrogens is 372 g/mol. The van der Waals surface area contributed by atoms with E-state index in [2.05, 4.69) is 14.6 Å². The molecule has 0 atom stereocenters. The molecule has 2 aromatic carbocycles. The van der Waals surface area contributed by atoms with Crippen molar-refractivity contribution in [1.82, 2.24) is 19.5 Å². The van der Waals surface area contributed by atoms with E-state index in [1.165, 1.54) is 0 Å². The van der Waals surface area contributed by atoms with Crippen molar-refractivity contribution >= 4 is 11.6 Å². The average Bonchev–Trinajstić information content (AvgIpc) is 3.25. The molecule has 0 spiro atoms. The van der Waals surface area contributed by atoms with Gasteiger partial charge < -0.3 is 4.90 Å². The molecule has 1 fully saturated rings. The predicted octanol–water partition coefficient (Wildman–Crippen LogP) is 4.27. The molecule has 0 unspecified atom stereocenters. The lowest BCUT2D eigenvalue weighted by Gasteiger charge is -2.34. The minimum Gasteiger partial charge on any atom is -0.342 e. The highest BCUT2D eigenvalue weighted by atomic mass is 16.2. The third-order valence-corrected chi connectivity index (χ3v) is 6.02. The van der Waals surface area contributed by atoms with Crippen molar-refractivity contribution < 1.29 is 4.79 Å². The van der Waals surface area contributed by atoms with E-state index in [1.54, 1.807) is 0 Å². The summed E-state index contributed by atoms with van der Waals surface area (Å²) in [6.07, 6.45) is 3.82. The van der Waals surface area contributed by atoms with Crippen LogP contribution >= 0.6 is 0 Å². The molecule has 1 aliphatic rings. The Hall–Kier alpha value is -3.47. The summed E-state index contributed by atoms with van der Waals surface area (Å²) in [7, 11) is 0. The van der Waals surface area contributed by atoms with Gasteiger partial charge in [0.2, 0.25) is 5.91 Å². The van der Waals surface area contributed by atoms with Gasteiger partial charge in [-0.15, -0.1) is 10.2 Å². The van der Waals surface area contributed by atoms with Crippen LogP contribution in [-0.4, -0.2) is 38.5 Å². The Morgan fingerprint density at radius 1 is 0.800 bits per heavy atom. The zero-order chi connectivity index (χ0) is 20.3. The second-order valence-corrected chi connectivity index (χ2v) is 7.84. The smallest absolute Gasteiger partial charge is 0.234 e. The van der Waals surface area contributed by atoms with Crippen LogP contribution in [0.15, 0.2) is 85.1 Å². The van der Waals surface area contributed by atoms with E-state index < -0.39 is 0 Å². The number of likely N-dealkylation sites (tertiary alicyclic amines) is 1. The minimum absolute atomic E-state index is 0.178. The van der Waals surface area contributed by atoms with Gasteiger partial charge in [0.15, 0.2) is 5.65 Å². The van der Waals surface area contributed by atoms with E-state index in [0.717, 1.165) is 48.5 Å². The zero-order valence-corrected chi connectivity index (χ0v) is 16.8. The number of pyridine rings is 1. The molecule has 3 heterocycles. The number of carbonyl (C=O) groups is 1. The van der Waals surface area contributed by atoms with Gasteiger partial charge >= 0.3 is 0 Å². The first-order chi connectivity index (χ1) is 14.8. The molecule has 30 heavy (non-hydrogen) atoms. The zero-order valence-electron chi connectivity index (χ0n) is 16.8. The van der Waals surface area contributed by atoms with E-state index in [9.17, 15) is 4.79 Å². The topological polar surface area (TPSA) is 50.5 Å². The van der Waals surface area contributed by atoms with E-state index in [-0.39, 0.29) is 11.8 Å². The molecule has 1 saturated heterocycles. The van der Waals surface area contributed by atoms with Gasteiger partial charge in [0, 0.05) is 25.2 Å². The van der Waals surface area contributed by atoms with Gasteiger partial charge in [0.25, 0.3) is 0 Å². The number of piperidine rings is 1. The van der Waals surface area contributed by atoms with Crippen molar-refractivity contribution in [2.45, 2.75) is 24.7 Å². The fourth-order valence-corrected chi connectivity index (χ4v) is 4.45. The first kappa shape index (κ1) is 18.6. The van der Waals surface area contributed by atoms with Crippen molar-refractivity contribution in [1.29, 1.82) is 0 Å². The van der Waals surface area contributed by atoms with Crippen LogP contribution in [0.1, 0.15) is 41.6 Å². The molecule has 1 amide bonds. The van der Waals surface area contributed by atoms with Gasteiger partial charge in [0.05, 0.1) is 5.92 Å². The average molecular weight is 396 g/mol. The predicted molar refractivity (Wildman–Crippen MR) is 116 cm³/mol. The molecule has 0 saturated carbocycles. The molecule has 2 aromatic heterocycles. The fourth-order valence-electron chi connectivity index (χ4n) is 4.45. The third-order valence-electron chi connectivity index (χ3n) is 6.02. The molecule has 5 rings (SSSR count). The summed E-state index contributed by atoms with van der Waals surface area (Å²) in [5.41, 5.74) is 2.96. The van der Waals surface area contributed by atoms with Crippen LogP contribution in [0.3, 0.4) is 0 Å². The number of carbonyl (C=O) groups excluding carboxylic acids is 1. The molecule has 0 bridgehead atoms. The number of rotatable bonds is 4. The number of benzene rings is 2. The summed E-state index contributed by atoms with van der Waals surface area (Å²) >= 11 is 0. The van der Waals surface area contributed by atoms with Gasteiger partial charge in [-0.2, -0.15) is 0 Å². The lowest BCUT2D eigenvalue weighted by atomic mass is 9.88. The van der Waals surface area contributed by atoms with E-state index in [1.807, 2.05) is 90.0 Å². The van der Waals surface area contributed by atoms with Crippen LogP contribution in [-0.2, 0) is 4.79 Å². The van der Waals surface area contributed by atoms with Crippen LogP contribution in [0.25, 0.3) is 5.65 Å². The molecule has 5 nitrogen and oxygen atoms in total. The van der Waals surface area contributed by atoms with E-state index in [0.29, 0.717) is 5.92 Å². The number of hydrogen-bond acceptors (Lipinski definition) is 3. The van der Waals surface area contributed by atoms with Crippen molar-refractivity contribution in [3.8, 4) is 0 Å². The Balaban J connectivity index is 1.36. The summed E-state index contributed by atoms with van der Waals surface area (Å²) in [5.74, 6) is 1.23. The van der Waals surface area contributed by atoms with Gasteiger partial charge in [-0.1, -0.05) is 66.7 Å². The minimum atomic E-state index is -0.266. The largest absolute Gasteiger partial charge is 0.342 e. The first-order valence-corrected chi connectivity index (χ1v) is 10.5. The van der Waals surface area contributed by atoms with E-state index in [4.69, 9.17) is 0 Å². The molecule has 1 aliphatic heterocycles. The third kappa shape index (κ3) is 3.47. The number of nitrogens with zero attached hydrogens (tertiary/aromatic N) is 4. The van der Waals surface area contributed by atoms with Crippen LogP contribution in [0.5, 0.6) is 0 Å². The lowest BCUT2D eigenvalue weighted by molar-refractivity contribution is -0.133. The molecule has 5 heteroatoms. The second-order valence-electron chi connectivity index (χ2n) is 7.84. The molecule has 0 radical (unpaired) electrons. The molecule has 4 aromatic rings. The summed E-state index contributed by atoms with van der Waals surface area (Å²) in [5, 5.41) is 8.72. The molecular formula is C25H24N4O. The monoisotopic (exact) mass is 396 g/mol. The normalized spacial score (nSPS) is 15.0. The maximum Gasteiger partial charge on any atom is 0.234 e. The van der Waals surface area contributed by atoms with Crippen LogP contribution in [0.4, 0.5) is 0 Å². The Morgan fingerprint density at radius 3 is 2.03 bits per heavy atom. The van der Waals surface area contributed by atoms with Crippen molar-refractivity contribution in [2.24, 2.45) is 0 Å². The summed E-state index contributed by atoms with van der Waals surface area (Å²) in [6.45, 7) is 1.48. The highest BCUT2D eigenvalue weighted by molar-refractivity contribution is 5.87. The van der Waals surface area contributed by atoms with Crippen molar-refractivity contribution in [2.75, 3.05) is 13.1 Å². The Labute approximate surface area is 176 Å². The standard InChI is InChI=1S/C25H24N4O/c30-25(23(19-9-3-1-4-10-19)20-11-5-2-6-12-20)28-17-14-21(15-18-28)24-27-26-22-13-7-8-16-29(22)24/h1-13,16,21,23H,14-15,17-18H2. The summed E-state index contributed by atoms with van der Waals surface area (Å²) in [4.78, 5) is 15.6. The molecule has 0 aliphatic carbocycles. The number of fused-ring (bicyclic) bond motifs is 1. The summed E-state index contributed by atoms with van der Waals surface area (Å²) < 4.78 is 2.07. The second kappa shape index (κ2) is 8.11. The highest BCUT2D eigenvalue weighted by Crippen LogP contribution is 2.31. The molecule has 0 N–H and O–H groups in total. The maximum absolute atomic E-state index is 13.6. The maximum atomic E-state index is 13.6. The van der Waals surface area contributed by atoms with Crippen LogP contribution < -0.4 is 0 Å². The summed E-state index contributed by atoms with van der Waals surface area (Å²) in [6, 6.07) is 26.1. The number of hydrogen-bond donors (Lipinski definition) is 0. The van der Waals surface area contributed by atoms with Crippen molar-refractivity contribution in [3.63, 3.8) is 0 Å². The Bertz CT molecular complexity index is 1090. The van der Waals surface area contributed by atoms with Crippen LogP contribution in [0, 0.1) is 0 Å². The Morgan fingerprint density at radius 2 is 1.40 bits per heavy atom. The van der Waals surface area contributed by atoms with Gasteiger partial charge in [-0.3, -0.25) is 9.20 Å². The first-order valence-electron chi connectivity index (χ1n) is 10.5. The fraction of sp³-hybridized carbons (Fsp3) is 0.240. The Kier molecular flexibility index (Phi) is 5.01. The van der Waals surface area contributed by atoms with Gasteiger partial charge in [0.1, 0.15) is 5.82 Å². The van der Waals surface area contributed by atoms with Crippen molar-refractivity contribution in [3.05, 3.63) is 102 Å². The number of aromatic nitrogens is 3. The highest BCUT2D eigenvalue weighted by Gasteiger charge is 2.32. The lowest BCUT2D eigenvalue weighted by Crippen LogP contribution is -2.41. The van der Waals surface area contributed by atoms with Crippen LogP contribution in [0.2, 0.25) is 0 Å². The number of amides is 1.